The molecule has 0 aromatic carbocycles. The Morgan fingerprint density at radius 1 is 1.31 bits per heavy atom. The summed E-state index contributed by atoms with van der Waals surface area (Å²) in [6, 6.07) is 0. The van der Waals surface area contributed by atoms with Crippen molar-refractivity contribution in [2.45, 2.75) is 18.7 Å². The van der Waals surface area contributed by atoms with E-state index in [0.717, 1.165) is 39.1 Å². The van der Waals surface area contributed by atoms with Gasteiger partial charge in [-0.15, -0.1) is 0 Å². The van der Waals surface area contributed by atoms with E-state index >= 15 is 0 Å². The van der Waals surface area contributed by atoms with Crippen molar-refractivity contribution in [1.29, 1.82) is 0 Å². The van der Waals surface area contributed by atoms with E-state index in [9.17, 15) is 10.0 Å². The Hall–Kier alpha value is -0.0951. The Labute approximate surface area is 78.4 Å². The van der Waals surface area contributed by atoms with Crippen molar-refractivity contribution in [2.75, 3.05) is 26.3 Å². The fourth-order valence-corrected chi connectivity index (χ4v) is 2.57. The SMILES string of the molecule is OB(O)C1CNCC12CCOCC2. The zero-order valence-electron chi connectivity index (χ0n) is 7.70. The maximum atomic E-state index is 9.24. The van der Waals surface area contributed by atoms with E-state index in [-0.39, 0.29) is 11.2 Å². The van der Waals surface area contributed by atoms with E-state index in [1.54, 1.807) is 0 Å². The second-order valence-electron chi connectivity index (χ2n) is 4.13. The summed E-state index contributed by atoms with van der Waals surface area (Å²) in [5, 5.41) is 21.7. The number of hydrogen-bond acceptors (Lipinski definition) is 4. The molecule has 0 aliphatic carbocycles. The van der Waals surface area contributed by atoms with Crippen LogP contribution in [0.5, 0.6) is 0 Å². The van der Waals surface area contributed by atoms with Crippen LogP contribution >= 0.6 is 0 Å². The van der Waals surface area contributed by atoms with E-state index in [4.69, 9.17) is 4.74 Å². The van der Waals surface area contributed by atoms with Gasteiger partial charge in [0.25, 0.3) is 0 Å². The van der Waals surface area contributed by atoms with E-state index in [0.29, 0.717) is 0 Å². The van der Waals surface area contributed by atoms with Gasteiger partial charge in [-0.05, 0) is 24.8 Å². The molecule has 2 rings (SSSR count). The molecule has 2 aliphatic rings. The van der Waals surface area contributed by atoms with Crippen LogP contribution in [0, 0.1) is 5.41 Å². The molecule has 3 N–H and O–H groups in total. The van der Waals surface area contributed by atoms with E-state index < -0.39 is 7.12 Å². The van der Waals surface area contributed by atoms with Gasteiger partial charge < -0.3 is 20.1 Å². The lowest BCUT2D eigenvalue weighted by Crippen LogP contribution is -2.40. The van der Waals surface area contributed by atoms with E-state index in [2.05, 4.69) is 5.32 Å². The van der Waals surface area contributed by atoms with Crippen LogP contribution in [0.4, 0.5) is 0 Å². The van der Waals surface area contributed by atoms with Gasteiger partial charge in [0.15, 0.2) is 0 Å². The average Bonchev–Trinajstić information content (AvgIpc) is 2.50. The topological polar surface area (TPSA) is 61.7 Å². The van der Waals surface area contributed by atoms with Gasteiger partial charge in [0.1, 0.15) is 0 Å². The third-order valence-corrected chi connectivity index (χ3v) is 3.48. The van der Waals surface area contributed by atoms with Crippen LogP contribution in [-0.4, -0.2) is 43.5 Å². The molecule has 0 amide bonds. The quantitative estimate of drug-likeness (QED) is 0.469. The first kappa shape index (κ1) is 9.46. The van der Waals surface area contributed by atoms with Crippen LogP contribution in [0.3, 0.4) is 0 Å². The minimum absolute atomic E-state index is 0.0172. The van der Waals surface area contributed by atoms with Crippen molar-refractivity contribution < 1.29 is 14.8 Å². The van der Waals surface area contributed by atoms with Crippen molar-refractivity contribution in [1.82, 2.24) is 5.32 Å². The summed E-state index contributed by atoms with van der Waals surface area (Å²) in [5.74, 6) is -0.0172. The van der Waals surface area contributed by atoms with Gasteiger partial charge in [0.05, 0.1) is 0 Å². The van der Waals surface area contributed by atoms with Crippen LogP contribution in [0.1, 0.15) is 12.8 Å². The van der Waals surface area contributed by atoms with Crippen molar-refractivity contribution in [3.8, 4) is 0 Å². The first-order chi connectivity index (χ1) is 6.25. The Morgan fingerprint density at radius 2 is 2.00 bits per heavy atom. The summed E-state index contributed by atoms with van der Waals surface area (Å²) < 4.78 is 5.29. The molecule has 74 valence electrons. The molecule has 0 bridgehead atoms. The zero-order valence-corrected chi connectivity index (χ0v) is 7.70. The Balaban J connectivity index is 2.09. The minimum atomic E-state index is -1.19. The van der Waals surface area contributed by atoms with Crippen LogP contribution in [0.2, 0.25) is 5.82 Å². The minimum Gasteiger partial charge on any atom is -0.427 e. The second kappa shape index (κ2) is 3.57. The third-order valence-electron chi connectivity index (χ3n) is 3.48. The zero-order chi connectivity index (χ0) is 9.31. The lowest BCUT2D eigenvalue weighted by Gasteiger charge is -2.37. The molecule has 0 radical (unpaired) electrons. The lowest BCUT2D eigenvalue weighted by atomic mass is 9.56. The fourth-order valence-electron chi connectivity index (χ4n) is 2.57. The summed E-state index contributed by atoms with van der Waals surface area (Å²) in [5.41, 5.74) is 0.0758. The molecule has 2 heterocycles. The van der Waals surface area contributed by atoms with Crippen LogP contribution in [0.25, 0.3) is 0 Å². The predicted molar refractivity (Wildman–Crippen MR) is 49.3 cm³/mol. The van der Waals surface area contributed by atoms with Gasteiger partial charge in [-0.1, -0.05) is 0 Å². The molecule has 5 heteroatoms. The smallest absolute Gasteiger partial charge is 0.427 e. The summed E-state index contributed by atoms with van der Waals surface area (Å²) in [6.45, 7) is 3.13. The Morgan fingerprint density at radius 3 is 2.62 bits per heavy atom. The molecule has 0 aromatic heterocycles. The summed E-state index contributed by atoms with van der Waals surface area (Å²) in [6.07, 6.45) is 1.89. The number of ether oxygens (including phenoxy) is 1. The molecule has 2 aliphatic heterocycles. The number of nitrogens with one attached hydrogen (secondary N) is 1. The normalized spacial score (nSPS) is 32.3. The Kier molecular flexibility index (Phi) is 2.60. The number of hydrogen-bond donors (Lipinski definition) is 3. The molecule has 1 atom stereocenters. The molecule has 13 heavy (non-hydrogen) atoms. The van der Waals surface area contributed by atoms with Crippen molar-refractivity contribution in [2.24, 2.45) is 5.41 Å². The first-order valence-corrected chi connectivity index (χ1v) is 4.89. The lowest BCUT2D eigenvalue weighted by molar-refractivity contribution is 0.0211. The van der Waals surface area contributed by atoms with Gasteiger partial charge in [0.2, 0.25) is 0 Å². The van der Waals surface area contributed by atoms with E-state index in [1.807, 2.05) is 0 Å². The molecule has 2 fully saturated rings. The summed E-state index contributed by atoms with van der Waals surface area (Å²) in [7, 11) is -1.19. The van der Waals surface area contributed by atoms with Crippen molar-refractivity contribution in [3.05, 3.63) is 0 Å². The van der Waals surface area contributed by atoms with Crippen molar-refractivity contribution in [3.63, 3.8) is 0 Å². The monoisotopic (exact) mass is 185 g/mol. The summed E-state index contributed by atoms with van der Waals surface area (Å²) in [4.78, 5) is 0. The van der Waals surface area contributed by atoms with Crippen molar-refractivity contribution >= 4 is 7.12 Å². The summed E-state index contributed by atoms with van der Waals surface area (Å²) >= 11 is 0. The highest BCUT2D eigenvalue weighted by molar-refractivity contribution is 6.43. The standard InChI is InChI=1S/C8H16BNO3/c11-9(12)7-5-10-6-8(7)1-3-13-4-2-8/h7,10-12H,1-6H2. The van der Waals surface area contributed by atoms with Gasteiger partial charge in [-0.3, -0.25) is 0 Å². The third kappa shape index (κ3) is 1.61. The average molecular weight is 185 g/mol. The predicted octanol–water partition coefficient (Wildman–Crippen LogP) is -0.771. The molecule has 0 aromatic rings. The first-order valence-electron chi connectivity index (χ1n) is 4.89. The fraction of sp³-hybridized carbons (Fsp3) is 1.00. The van der Waals surface area contributed by atoms with E-state index in [1.165, 1.54) is 0 Å². The second-order valence-corrected chi connectivity index (χ2v) is 4.13. The molecule has 0 saturated carbocycles. The van der Waals surface area contributed by atoms with Crippen LogP contribution in [-0.2, 0) is 4.74 Å². The molecule has 2 saturated heterocycles. The highest BCUT2D eigenvalue weighted by Crippen LogP contribution is 2.45. The molecular formula is C8H16BNO3. The maximum absolute atomic E-state index is 9.24. The highest BCUT2D eigenvalue weighted by Gasteiger charge is 2.48. The van der Waals surface area contributed by atoms with Gasteiger partial charge >= 0.3 is 7.12 Å². The van der Waals surface area contributed by atoms with Gasteiger partial charge in [0, 0.05) is 25.6 Å². The maximum Gasteiger partial charge on any atom is 0.456 e. The molecule has 1 spiro atoms. The largest absolute Gasteiger partial charge is 0.456 e. The molecule has 1 unspecified atom stereocenters. The Bertz CT molecular complexity index is 182. The van der Waals surface area contributed by atoms with Gasteiger partial charge in [-0.25, -0.2) is 0 Å². The van der Waals surface area contributed by atoms with Crippen LogP contribution in [0.15, 0.2) is 0 Å². The van der Waals surface area contributed by atoms with Gasteiger partial charge in [-0.2, -0.15) is 0 Å². The highest BCUT2D eigenvalue weighted by atomic mass is 16.5. The van der Waals surface area contributed by atoms with Crippen LogP contribution < -0.4 is 5.32 Å². The number of rotatable bonds is 1. The molecule has 4 nitrogen and oxygen atoms in total. The molecular weight excluding hydrogens is 169 g/mol.